The Morgan fingerprint density at radius 3 is 2.95 bits per heavy atom. The molecule has 0 saturated heterocycles. The molecule has 0 atom stereocenters. The Morgan fingerprint density at radius 2 is 2.16 bits per heavy atom. The van der Waals surface area contributed by atoms with Gasteiger partial charge in [0.05, 0.1) is 11.2 Å². The molecule has 1 N–H and O–H groups in total. The fourth-order valence-corrected chi connectivity index (χ4v) is 1.87. The number of rotatable bonds is 1. The second kappa shape index (κ2) is 4.07. The van der Waals surface area contributed by atoms with E-state index in [0.29, 0.717) is 22.5 Å². The minimum absolute atomic E-state index is 0.116. The summed E-state index contributed by atoms with van der Waals surface area (Å²) in [5.74, 6) is -0.380. The third-order valence-electron chi connectivity index (χ3n) is 2.67. The molecule has 0 unspecified atom stereocenters. The number of aromatic amines is 1. The van der Waals surface area contributed by atoms with Crippen LogP contribution in [0.1, 0.15) is 11.5 Å². The molecule has 1 aromatic carbocycles. The van der Waals surface area contributed by atoms with Gasteiger partial charge in [0.1, 0.15) is 6.07 Å². The smallest absolute Gasteiger partial charge is 0.408 e. The molecular formula is C13H8N4O2. The molecule has 0 spiro atoms. The standard InChI is InChI=1S/C13H8N4O2/c1-7-4-10(16-12(6-14)15-7)8-2-3-9-11(5-8)19-13(18)17-9/h2-5H,1H3,(H,17,18). The van der Waals surface area contributed by atoms with Crippen LogP contribution in [0.2, 0.25) is 0 Å². The molecule has 0 aliphatic heterocycles. The SMILES string of the molecule is Cc1cc(-c2ccc3[nH]c(=O)oc3c2)nc(C#N)n1. The van der Waals surface area contributed by atoms with Gasteiger partial charge >= 0.3 is 5.76 Å². The molecule has 2 aromatic heterocycles. The van der Waals surface area contributed by atoms with Crippen LogP contribution in [0.15, 0.2) is 33.5 Å². The summed E-state index contributed by atoms with van der Waals surface area (Å²) in [7, 11) is 0. The second-order valence-corrected chi connectivity index (χ2v) is 4.06. The molecule has 0 bridgehead atoms. The van der Waals surface area contributed by atoms with E-state index in [-0.39, 0.29) is 5.82 Å². The maximum Gasteiger partial charge on any atom is 0.417 e. The van der Waals surface area contributed by atoms with Gasteiger partial charge in [-0.1, -0.05) is 6.07 Å². The number of nitrogens with one attached hydrogen (secondary N) is 1. The molecule has 3 aromatic rings. The molecule has 6 nitrogen and oxygen atoms in total. The zero-order valence-corrected chi connectivity index (χ0v) is 9.97. The van der Waals surface area contributed by atoms with E-state index >= 15 is 0 Å². The average Bonchev–Trinajstić information content (AvgIpc) is 2.76. The molecule has 0 saturated carbocycles. The number of H-pyrrole nitrogens is 1. The molecule has 2 heterocycles. The lowest BCUT2D eigenvalue weighted by molar-refractivity contribution is 0.555. The van der Waals surface area contributed by atoms with Crippen molar-refractivity contribution in [2.24, 2.45) is 0 Å². The van der Waals surface area contributed by atoms with Gasteiger partial charge in [0.15, 0.2) is 5.58 Å². The maximum atomic E-state index is 11.1. The van der Waals surface area contributed by atoms with Gasteiger partial charge in [-0.15, -0.1) is 0 Å². The van der Waals surface area contributed by atoms with Crippen molar-refractivity contribution in [2.45, 2.75) is 6.92 Å². The van der Waals surface area contributed by atoms with Gasteiger partial charge in [-0.25, -0.2) is 14.8 Å². The Bertz CT molecular complexity index is 870. The summed E-state index contributed by atoms with van der Waals surface area (Å²) in [6.45, 7) is 1.79. The van der Waals surface area contributed by atoms with Crippen LogP contribution in [0.4, 0.5) is 0 Å². The number of fused-ring (bicyclic) bond motifs is 1. The highest BCUT2D eigenvalue weighted by molar-refractivity contribution is 5.78. The van der Waals surface area contributed by atoms with E-state index in [0.717, 1.165) is 5.56 Å². The van der Waals surface area contributed by atoms with Crippen LogP contribution in [0, 0.1) is 18.3 Å². The molecule has 19 heavy (non-hydrogen) atoms. The molecule has 0 amide bonds. The zero-order valence-electron chi connectivity index (χ0n) is 9.97. The van der Waals surface area contributed by atoms with Crippen LogP contribution in [-0.4, -0.2) is 15.0 Å². The number of hydrogen-bond donors (Lipinski definition) is 1. The van der Waals surface area contributed by atoms with E-state index in [2.05, 4.69) is 15.0 Å². The molecule has 0 aliphatic carbocycles. The fourth-order valence-electron chi connectivity index (χ4n) is 1.87. The van der Waals surface area contributed by atoms with Crippen LogP contribution in [0.3, 0.4) is 0 Å². The lowest BCUT2D eigenvalue weighted by Gasteiger charge is -2.02. The quantitative estimate of drug-likeness (QED) is 0.711. The van der Waals surface area contributed by atoms with E-state index in [1.807, 2.05) is 6.07 Å². The Labute approximate surface area is 107 Å². The summed E-state index contributed by atoms with van der Waals surface area (Å²) in [5, 5.41) is 8.87. The highest BCUT2D eigenvalue weighted by Crippen LogP contribution is 2.22. The van der Waals surface area contributed by atoms with Crippen LogP contribution in [0.25, 0.3) is 22.4 Å². The number of oxazole rings is 1. The Balaban J connectivity index is 2.21. The van der Waals surface area contributed by atoms with E-state index in [1.54, 1.807) is 31.2 Å². The number of benzene rings is 1. The van der Waals surface area contributed by atoms with E-state index in [1.165, 1.54) is 0 Å². The van der Waals surface area contributed by atoms with Crippen LogP contribution in [-0.2, 0) is 0 Å². The Kier molecular flexibility index (Phi) is 2.39. The highest BCUT2D eigenvalue weighted by atomic mass is 16.4. The molecule has 3 rings (SSSR count). The van der Waals surface area contributed by atoms with Gasteiger partial charge in [-0.2, -0.15) is 5.26 Å². The minimum atomic E-state index is -0.497. The number of aromatic nitrogens is 3. The van der Waals surface area contributed by atoms with E-state index in [4.69, 9.17) is 9.68 Å². The van der Waals surface area contributed by atoms with E-state index < -0.39 is 5.76 Å². The number of aryl methyl sites for hydroxylation is 1. The van der Waals surface area contributed by atoms with Crippen LogP contribution in [0.5, 0.6) is 0 Å². The Morgan fingerprint density at radius 1 is 1.32 bits per heavy atom. The summed E-state index contributed by atoms with van der Waals surface area (Å²) in [6, 6.07) is 8.93. The van der Waals surface area contributed by atoms with Gasteiger partial charge in [0, 0.05) is 11.3 Å². The van der Waals surface area contributed by atoms with Gasteiger partial charge in [0.25, 0.3) is 0 Å². The lowest BCUT2D eigenvalue weighted by atomic mass is 10.1. The molecule has 6 heteroatoms. The molecule has 0 radical (unpaired) electrons. The second-order valence-electron chi connectivity index (χ2n) is 4.06. The number of hydrogen-bond acceptors (Lipinski definition) is 5. The predicted octanol–water partition coefficient (Wildman–Crippen LogP) is 1.76. The first kappa shape index (κ1) is 11.2. The topological polar surface area (TPSA) is 95.6 Å². The number of nitriles is 1. The van der Waals surface area contributed by atoms with Gasteiger partial charge < -0.3 is 4.42 Å². The fraction of sp³-hybridized carbons (Fsp3) is 0.0769. The normalized spacial score (nSPS) is 10.5. The highest BCUT2D eigenvalue weighted by Gasteiger charge is 2.07. The van der Waals surface area contributed by atoms with Crippen molar-refractivity contribution >= 4 is 11.1 Å². The summed E-state index contributed by atoms with van der Waals surface area (Å²) < 4.78 is 5.00. The minimum Gasteiger partial charge on any atom is -0.408 e. The van der Waals surface area contributed by atoms with Crippen LogP contribution < -0.4 is 5.76 Å². The first-order valence-corrected chi connectivity index (χ1v) is 5.55. The Hall–Kier alpha value is -2.94. The van der Waals surface area contributed by atoms with Crippen molar-refractivity contribution in [2.75, 3.05) is 0 Å². The van der Waals surface area contributed by atoms with Gasteiger partial charge in [0.2, 0.25) is 5.82 Å². The zero-order chi connectivity index (χ0) is 13.4. The molecule has 0 fully saturated rings. The third-order valence-corrected chi connectivity index (χ3v) is 2.67. The summed E-state index contributed by atoms with van der Waals surface area (Å²) in [5.41, 5.74) is 3.17. The summed E-state index contributed by atoms with van der Waals surface area (Å²) in [4.78, 5) is 21.8. The summed E-state index contributed by atoms with van der Waals surface area (Å²) in [6.07, 6.45) is 0. The van der Waals surface area contributed by atoms with Gasteiger partial charge in [-0.3, -0.25) is 4.98 Å². The first-order chi connectivity index (χ1) is 9.15. The van der Waals surface area contributed by atoms with Crippen molar-refractivity contribution in [1.82, 2.24) is 15.0 Å². The van der Waals surface area contributed by atoms with Crippen molar-refractivity contribution < 1.29 is 4.42 Å². The predicted molar refractivity (Wildman–Crippen MR) is 67.3 cm³/mol. The third kappa shape index (κ3) is 1.98. The van der Waals surface area contributed by atoms with Crippen LogP contribution >= 0.6 is 0 Å². The maximum absolute atomic E-state index is 11.1. The van der Waals surface area contributed by atoms with Crippen molar-refractivity contribution in [1.29, 1.82) is 5.26 Å². The average molecular weight is 252 g/mol. The molecule has 92 valence electrons. The largest absolute Gasteiger partial charge is 0.417 e. The van der Waals surface area contributed by atoms with Crippen molar-refractivity contribution in [3.05, 3.63) is 46.3 Å². The van der Waals surface area contributed by atoms with Crippen molar-refractivity contribution in [3.8, 4) is 17.3 Å². The number of nitrogens with zero attached hydrogens (tertiary/aromatic N) is 3. The van der Waals surface area contributed by atoms with Crippen molar-refractivity contribution in [3.63, 3.8) is 0 Å². The summed E-state index contributed by atoms with van der Waals surface area (Å²) >= 11 is 0. The van der Waals surface area contributed by atoms with E-state index in [9.17, 15) is 4.79 Å². The molecular weight excluding hydrogens is 244 g/mol. The van der Waals surface area contributed by atoms with Gasteiger partial charge in [-0.05, 0) is 25.1 Å². The molecule has 0 aliphatic rings. The first-order valence-electron chi connectivity index (χ1n) is 5.55. The lowest BCUT2D eigenvalue weighted by Crippen LogP contribution is -1.94. The monoisotopic (exact) mass is 252 g/mol.